The van der Waals surface area contributed by atoms with Crippen molar-refractivity contribution in [1.82, 2.24) is 5.32 Å². The number of thioether (sulfide) groups is 1. The summed E-state index contributed by atoms with van der Waals surface area (Å²) in [6, 6.07) is 0. The molecular formula is C9H18ClNO2S. The Morgan fingerprint density at radius 2 is 2.29 bits per heavy atom. The van der Waals surface area contributed by atoms with Gasteiger partial charge in [0.25, 0.3) is 0 Å². The molecule has 0 spiro atoms. The number of halogens is 1. The van der Waals surface area contributed by atoms with Crippen LogP contribution in [0.2, 0.25) is 0 Å². The third-order valence-corrected chi connectivity index (χ3v) is 3.20. The van der Waals surface area contributed by atoms with Gasteiger partial charge >= 0.3 is 0 Å². The van der Waals surface area contributed by atoms with Gasteiger partial charge in [-0.05, 0) is 12.2 Å². The van der Waals surface area contributed by atoms with E-state index >= 15 is 0 Å². The van der Waals surface area contributed by atoms with Crippen LogP contribution in [0.25, 0.3) is 0 Å². The highest BCUT2D eigenvalue weighted by Crippen LogP contribution is 2.01. The number of aliphatic hydroxyl groups excluding tert-OH is 1. The number of carbonyl (C=O) groups is 1. The van der Waals surface area contributed by atoms with Gasteiger partial charge < -0.3 is 10.4 Å². The number of aliphatic hydroxyl groups is 1. The van der Waals surface area contributed by atoms with Crippen molar-refractivity contribution in [3.05, 3.63) is 0 Å². The van der Waals surface area contributed by atoms with E-state index in [9.17, 15) is 4.79 Å². The second-order valence-corrected chi connectivity index (χ2v) is 4.57. The summed E-state index contributed by atoms with van der Waals surface area (Å²) in [5.74, 6) is 2.10. The van der Waals surface area contributed by atoms with Gasteiger partial charge in [-0.1, -0.05) is 6.92 Å². The lowest BCUT2D eigenvalue weighted by molar-refractivity contribution is -0.123. The standard InChI is InChI=1S/C9H18ClNO2S/c1-8(7-10)9(13)11-3-6-14-5-2-4-12/h8,12H,2-7H2,1H3,(H,11,13). The first kappa shape index (κ1) is 14.1. The van der Waals surface area contributed by atoms with Crippen molar-refractivity contribution in [2.75, 3.05) is 30.5 Å². The van der Waals surface area contributed by atoms with Crippen molar-refractivity contribution in [2.24, 2.45) is 5.92 Å². The smallest absolute Gasteiger partial charge is 0.224 e. The number of alkyl halides is 1. The lowest BCUT2D eigenvalue weighted by atomic mass is 10.2. The highest BCUT2D eigenvalue weighted by Gasteiger charge is 2.09. The second kappa shape index (κ2) is 9.62. The average molecular weight is 240 g/mol. The quantitative estimate of drug-likeness (QED) is 0.493. The lowest BCUT2D eigenvalue weighted by Gasteiger charge is -2.08. The molecule has 0 aliphatic carbocycles. The van der Waals surface area contributed by atoms with Gasteiger partial charge in [-0.25, -0.2) is 0 Å². The molecule has 3 nitrogen and oxygen atoms in total. The number of hydrogen-bond donors (Lipinski definition) is 2. The van der Waals surface area contributed by atoms with E-state index < -0.39 is 0 Å². The summed E-state index contributed by atoms with van der Waals surface area (Å²) in [7, 11) is 0. The molecule has 0 rings (SSSR count). The van der Waals surface area contributed by atoms with Gasteiger partial charge in [0.1, 0.15) is 0 Å². The molecule has 0 fully saturated rings. The first-order chi connectivity index (χ1) is 6.72. The fraction of sp³-hybridized carbons (Fsp3) is 0.889. The molecule has 1 amide bonds. The average Bonchev–Trinajstić information content (AvgIpc) is 2.21. The highest BCUT2D eigenvalue weighted by atomic mass is 35.5. The second-order valence-electron chi connectivity index (χ2n) is 3.04. The molecule has 5 heteroatoms. The lowest BCUT2D eigenvalue weighted by Crippen LogP contribution is -2.31. The fourth-order valence-corrected chi connectivity index (χ4v) is 1.68. The van der Waals surface area contributed by atoms with Crippen LogP contribution in [0, 0.1) is 5.92 Å². The van der Waals surface area contributed by atoms with Crippen molar-refractivity contribution >= 4 is 29.3 Å². The monoisotopic (exact) mass is 239 g/mol. The van der Waals surface area contributed by atoms with E-state index in [0.717, 1.165) is 17.9 Å². The van der Waals surface area contributed by atoms with Crippen molar-refractivity contribution in [3.63, 3.8) is 0 Å². The van der Waals surface area contributed by atoms with Crippen LogP contribution in [-0.2, 0) is 4.79 Å². The van der Waals surface area contributed by atoms with Gasteiger partial charge in [-0.15, -0.1) is 11.6 Å². The van der Waals surface area contributed by atoms with Crippen LogP contribution in [0.3, 0.4) is 0 Å². The van der Waals surface area contributed by atoms with Crippen LogP contribution in [0.15, 0.2) is 0 Å². The van der Waals surface area contributed by atoms with Crippen LogP contribution >= 0.6 is 23.4 Å². The molecule has 0 aliphatic heterocycles. The van der Waals surface area contributed by atoms with Crippen molar-refractivity contribution < 1.29 is 9.90 Å². The maximum absolute atomic E-state index is 11.2. The zero-order valence-corrected chi connectivity index (χ0v) is 10.0. The van der Waals surface area contributed by atoms with Crippen LogP contribution in [0.5, 0.6) is 0 Å². The Balaban J connectivity index is 3.23. The molecule has 0 aromatic carbocycles. The highest BCUT2D eigenvalue weighted by molar-refractivity contribution is 7.99. The Kier molecular flexibility index (Phi) is 9.67. The number of hydrogen-bond acceptors (Lipinski definition) is 3. The summed E-state index contributed by atoms with van der Waals surface area (Å²) in [6.45, 7) is 2.72. The van der Waals surface area contributed by atoms with Gasteiger partial charge in [-0.3, -0.25) is 4.79 Å². The Morgan fingerprint density at radius 1 is 1.57 bits per heavy atom. The van der Waals surface area contributed by atoms with E-state index in [4.69, 9.17) is 16.7 Å². The minimum atomic E-state index is -0.112. The Morgan fingerprint density at radius 3 is 2.86 bits per heavy atom. The predicted molar refractivity (Wildman–Crippen MR) is 61.9 cm³/mol. The Labute approximate surface area is 94.6 Å². The predicted octanol–water partition coefficient (Wildman–Crippen LogP) is 1.09. The van der Waals surface area contributed by atoms with E-state index in [1.165, 1.54) is 0 Å². The van der Waals surface area contributed by atoms with Gasteiger partial charge in [-0.2, -0.15) is 11.8 Å². The van der Waals surface area contributed by atoms with Crippen molar-refractivity contribution in [3.8, 4) is 0 Å². The molecule has 2 N–H and O–H groups in total. The molecule has 0 aromatic rings. The van der Waals surface area contributed by atoms with Gasteiger partial charge in [0.05, 0.1) is 0 Å². The molecule has 1 atom stereocenters. The first-order valence-electron chi connectivity index (χ1n) is 4.74. The largest absolute Gasteiger partial charge is 0.396 e. The molecular weight excluding hydrogens is 222 g/mol. The summed E-state index contributed by atoms with van der Waals surface area (Å²) in [6.07, 6.45) is 0.816. The third-order valence-electron chi connectivity index (χ3n) is 1.67. The van der Waals surface area contributed by atoms with Crippen LogP contribution < -0.4 is 5.32 Å². The summed E-state index contributed by atoms with van der Waals surface area (Å²) >= 11 is 7.27. The van der Waals surface area contributed by atoms with Crippen LogP contribution in [-0.4, -0.2) is 41.6 Å². The third kappa shape index (κ3) is 7.47. The zero-order valence-electron chi connectivity index (χ0n) is 8.46. The maximum atomic E-state index is 11.2. The SMILES string of the molecule is CC(CCl)C(=O)NCCSCCCO. The maximum Gasteiger partial charge on any atom is 0.224 e. The van der Waals surface area contributed by atoms with Crippen LogP contribution in [0.4, 0.5) is 0 Å². The van der Waals surface area contributed by atoms with E-state index in [1.807, 2.05) is 0 Å². The minimum Gasteiger partial charge on any atom is -0.396 e. The number of rotatable bonds is 8. The molecule has 84 valence electrons. The molecule has 0 radical (unpaired) electrons. The molecule has 0 saturated carbocycles. The Hall–Kier alpha value is 0.0700. The van der Waals surface area contributed by atoms with Gasteiger partial charge in [0.2, 0.25) is 5.91 Å². The summed E-state index contributed by atoms with van der Waals surface area (Å²) in [5, 5.41) is 11.3. The van der Waals surface area contributed by atoms with E-state index in [0.29, 0.717) is 12.4 Å². The molecule has 0 bridgehead atoms. The Bertz CT molecular complexity index is 158. The molecule has 0 aliphatic rings. The van der Waals surface area contributed by atoms with Gasteiger partial charge in [0, 0.05) is 30.7 Å². The molecule has 0 heterocycles. The van der Waals surface area contributed by atoms with E-state index in [-0.39, 0.29) is 18.4 Å². The summed E-state index contributed by atoms with van der Waals surface area (Å²) in [5.41, 5.74) is 0. The normalized spacial score (nSPS) is 12.5. The molecule has 0 aromatic heterocycles. The molecule has 14 heavy (non-hydrogen) atoms. The van der Waals surface area contributed by atoms with Crippen molar-refractivity contribution in [2.45, 2.75) is 13.3 Å². The minimum absolute atomic E-state index is 0.0164. The summed E-state index contributed by atoms with van der Waals surface area (Å²) in [4.78, 5) is 11.2. The van der Waals surface area contributed by atoms with E-state index in [2.05, 4.69) is 5.32 Å². The number of carbonyl (C=O) groups excluding carboxylic acids is 1. The first-order valence-corrected chi connectivity index (χ1v) is 6.43. The van der Waals surface area contributed by atoms with E-state index in [1.54, 1.807) is 18.7 Å². The topological polar surface area (TPSA) is 49.3 Å². The van der Waals surface area contributed by atoms with Crippen molar-refractivity contribution in [1.29, 1.82) is 0 Å². The summed E-state index contributed by atoms with van der Waals surface area (Å²) < 4.78 is 0. The molecule has 0 saturated heterocycles. The molecule has 1 unspecified atom stereocenters. The zero-order chi connectivity index (χ0) is 10.8. The van der Waals surface area contributed by atoms with Crippen LogP contribution in [0.1, 0.15) is 13.3 Å². The fourth-order valence-electron chi connectivity index (χ4n) is 0.759. The number of amides is 1. The van der Waals surface area contributed by atoms with Gasteiger partial charge in [0.15, 0.2) is 0 Å². The number of nitrogens with one attached hydrogen (secondary N) is 1.